The van der Waals surface area contributed by atoms with Crippen LogP contribution < -0.4 is 10.6 Å². The highest BCUT2D eigenvalue weighted by Gasteiger charge is 2.44. The Balaban J connectivity index is 0.00000280. The number of hydrogen-bond donors (Lipinski definition) is 2. The summed E-state index contributed by atoms with van der Waals surface area (Å²) in [5.74, 6) is 1.28. The summed E-state index contributed by atoms with van der Waals surface area (Å²) in [6.07, 6.45) is 5.34. The molecule has 1 aliphatic carbocycles. The van der Waals surface area contributed by atoms with E-state index in [1.54, 1.807) is 19.2 Å². The van der Waals surface area contributed by atoms with E-state index >= 15 is 0 Å². The molecule has 5 nitrogen and oxygen atoms in total. The monoisotopic (exact) mass is 505 g/mol. The summed E-state index contributed by atoms with van der Waals surface area (Å²) < 4.78 is 24.7. The van der Waals surface area contributed by atoms with Gasteiger partial charge in [0.05, 0.1) is 0 Å². The number of nitrogens with one attached hydrogen (secondary N) is 2. The van der Waals surface area contributed by atoms with Gasteiger partial charge in [0.2, 0.25) is 0 Å². The van der Waals surface area contributed by atoms with Crippen molar-refractivity contribution >= 4 is 29.9 Å². The summed E-state index contributed by atoms with van der Waals surface area (Å²) in [6.45, 7) is 4.93. The molecule has 0 amide bonds. The lowest BCUT2D eigenvalue weighted by atomic mass is 9.96. The van der Waals surface area contributed by atoms with Crippen molar-refractivity contribution in [2.75, 3.05) is 46.6 Å². The normalized spacial score (nSPS) is 19.0. The third-order valence-corrected chi connectivity index (χ3v) is 5.56. The smallest absolute Gasteiger partial charge is 0.191 e. The lowest BCUT2D eigenvalue weighted by Crippen LogP contribution is -2.41. The van der Waals surface area contributed by atoms with E-state index in [0.29, 0.717) is 5.92 Å². The van der Waals surface area contributed by atoms with Crippen LogP contribution in [0, 0.1) is 11.7 Å². The van der Waals surface area contributed by atoms with Crippen molar-refractivity contribution in [1.29, 1.82) is 0 Å². The summed E-state index contributed by atoms with van der Waals surface area (Å²) in [5.41, 5.74) is 1.12. The van der Waals surface area contributed by atoms with Gasteiger partial charge < -0.3 is 20.1 Å². The molecule has 158 valence electrons. The SMILES string of the molecule is CN=C(NCCCOCC1CCOCC1)NCC1(c2cccc(F)c2)CC1.I. The van der Waals surface area contributed by atoms with Crippen LogP contribution in [0.15, 0.2) is 29.3 Å². The van der Waals surface area contributed by atoms with Gasteiger partial charge in [-0.25, -0.2) is 4.39 Å². The zero-order chi connectivity index (χ0) is 19.0. The molecule has 7 heteroatoms. The fourth-order valence-corrected chi connectivity index (χ4v) is 3.55. The Morgan fingerprint density at radius 3 is 2.75 bits per heavy atom. The van der Waals surface area contributed by atoms with E-state index in [1.807, 2.05) is 6.07 Å². The molecule has 1 saturated carbocycles. The van der Waals surface area contributed by atoms with Gasteiger partial charge in [-0.1, -0.05) is 12.1 Å². The molecular formula is C21H33FIN3O2. The molecule has 0 bridgehead atoms. The van der Waals surface area contributed by atoms with Crippen molar-refractivity contribution in [3.63, 3.8) is 0 Å². The van der Waals surface area contributed by atoms with E-state index in [1.165, 1.54) is 6.07 Å². The fourth-order valence-electron chi connectivity index (χ4n) is 3.55. The first-order chi connectivity index (χ1) is 13.2. The zero-order valence-electron chi connectivity index (χ0n) is 16.7. The molecule has 0 spiro atoms. The Bertz CT molecular complexity index is 619. The minimum Gasteiger partial charge on any atom is -0.381 e. The molecule has 1 saturated heterocycles. The average Bonchev–Trinajstić information content (AvgIpc) is 3.49. The van der Waals surface area contributed by atoms with Crippen LogP contribution in [0.4, 0.5) is 4.39 Å². The summed E-state index contributed by atoms with van der Waals surface area (Å²) in [6, 6.07) is 6.96. The highest BCUT2D eigenvalue weighted by atomic mass is 127. The van der Waals surface area contributed by atoms with Crippen LogP contribution in [0.25, 0.3) is 0 Å². The van der Waals surface area contributed by atoms with Gasteiger partial charge in [-0.2, -0.15) is 0 Å². The second-order valence-corrected chi connectivity index (χ2v) is 7.63. The molecule has 2 fully saturated rings. The van der Waals surface area contributed by atoms with Crippen molar-refractivity contribution in [2.45, 2.75) is 37.5 Å². The van der Waals surface area contributed by atoms with Crippen molar-refractivity contribution < 1.29 is 13.9 Å². The van der Waals surface area contributed by atoms with Crippen LogP contribution in [-0.4, -0.2) is 52.5 Å². The fraction of sp³-hybridized carbons (Fsp3) is 0.667. The van der Waals surface area contributed by atoms with E-state index in [0.717, 1.165) is 83.1 Å². The second kappa shape index (κ2) is 11.9. The maximum atomic E-state index is 13.5. The molecule has 0 aromatic heterocycles. The minimum atomic E-state index is -0.165. The Hall–Kier alpha value is -0.930. The van der Waals surface area contributed by atoms with Crippen LogP contribution >= 0.6 is 24.0 Å². The van der Waals surface area contributed by atoms with E-state index in [4.69, 9.17) is 9.47 Å². The quantitative estimate of drug-likeness (QED) is 0.234. The molecule has 1 aromatic carbocycles. The molecule has 28 heavy (non-hydrogen) atoms. The maximum Gasteiger partial charge on any atom is 0.191 e. The first-order valence-corrected chi connectivity index (χ1v) is 10.1. The first-order valence-electron chi connectivity index (χ1n) is 10.1. The van der Waals surface area contributed by atoms with Gasteiger partial charge in [-0.05, 0) is 55.7 Å². The van der Waals surface area contributed by atoms with Crippen molar-refractivity contribution in [2.24, 2.45) is 10.9 Å². The largest absolute Gasteiger partial charge is 0.381 e. The highest BCUT2D eigenvalue weighted by molar-refractivity contribution is 14.0. The number of ether oxygens (including phenoxy) is 2. The minimum absolute atomic E-state index is 0. The molecular weight excluding hydrogens is 472 g/mol. The Morgan fingerprint density at radius 2 is 2.07 bits per heavy atom. The third kappa shape index (κ3) is 7.15. The van der Waals surface area contributed by atoms with Crippen LogP contribution in [0.1, 0.15) is 37.7 Å². The Morgan fingerprint density at radius 1 is 1.29 bits per heavy atom. The first kappa shape index (κ1) is 23.3. The van der Waals surface area contributed by atoms with E-state index in [9.17, 15) is 4.39 Å². The van der Waals surface area contributed by atoms with Crippen molar-refractivity contribution in [3.05, 3.63) is 35.6 Å². The molecule has 1 aromatic rings. The maximum absolute atomic E-state index is 13.5. The predicted octanol–water partition coefficient (Wildman–Crippen LogP) is 3.47. The molecule has 0 radical (unpaired) electrons. The predicted molar refractivity (Wildman–Crippen MR) is 121 cm³/mol. The van der Waals surface area contributed by atoms with E-state index in [-0.39, 0.29) is 35.2 Å². The molecule has 2 aliphatic rings. The third-order valence-electron chi connectivity index (χ3n) is 5.56. The summed E-state index contributed by atoms with van der Waals surface area (Å²) in [4.78, 5) is 4.29. The number of halogens is 2. The van der Waals surface area contributed by atoms with E-state index in [2.05, 4.69) is 15.6 Å². The van der Waals surface area contributed by atoms with Crippen LogP contribution in [0.5, 0.6) is 0 Å². The number of hydrogen-bond acceptors (Lipinski definition) is 3. The molecule has 3 rings (SSSR count). The number of aliphatic imine (C=N–C) groups is 1. The lowest BCUT2D eigenvalue weighted by molar-refractivity contribution is 0.0203. The number of nitrogens with zero attached hydrogens (tertiary/aromatic N) is 1. The van der Waals surface area contributed by atoms with Gasteiger partial charge in [-0.15, -0.1) is 24.0 Å². The van der Waals surface area contributed by atoms with Gasteiger partial charge in [0, 0.05) is 52.0 Å². The molecule has 0 atom stereocenters. The van der Waals surface area contributed by atoms with E-state index < -0.39 is 0 Å². The van der Waals surface area contributed by atoms with Gasteiger partial charge >= 0.3 is 0 Å². The Labute approximate surface area is 184 Å². The average molecular weight is 505 g/mol. The summed E-state index contributed by atoms with van der Waals surface area (Å²) >= 11 is 0. The number of guanidine groups is 1. The standard InChI is InChI=1S/C21H32FN3O2.HI/c1-23-20(24-10-3-11-27-15-17-6-12-26-13-7-17)25-16-21(8-9-21)18-4-2-5-19(22)14-18;/h2,4-5,14,17H,3,6-13,15-16H2,1H3,(H2,23,24,25);1H. The van der Waals surface area contributed by atoms with Crippen LogP contribution in [-0.2, 0) is 14.9 Å². The number of benzene rings is 1. The number of rotatable bonds is 9. The van der Waals surface area contributed by atoms with Crippen LogP contribution in [0.3, 0.4) is 0 Å². The van der Waals surface area contributed by atoms with Crippen molar-refractivity contribution in [1.82, 2.24) is 10.6 Å². The molecule has 0 unspecified atom stereocenters. The highest BCUT2D eigenvalue weighted by Crippen LogP contribution is 2.47. The zero-order valence-corrected chi connectivity index (χ0v) is 19.0. The molecule has 1 heterocycles. The van der Waals surface area contributed by atoms with Crippen LogP contribution in [0.2, 0.25) is 0 Å². The second-order valence-electron chi connectivity index (χ2n) is 7.63. The lowest BCUT2D eigenvalue weighted by Gasteiger charge is -2.22. The summed E-state index contributed by atoms with van der Waals surface area (Å²) in [5, 5.41) is 6.73. The van der Waals surface area contributed by atoms with Crippen molar-refractivity contribution in [3.8, 4) is 0 Å². The molecule has 1 aliphatic heterocycles. The topological polar surface area (TPSA) is 54.9 Å². The van der Waals surface area contributed by atoms with Gasteiger partial charge in [-0.3, -0.25) is 4.99 Å². The van der Waals surface area contributed by atoms with Gasteiger partial charge in [0.1, 0.15) is 5.82 Å². The molecule has 2 N–H and O–H groups in total. The van der Waals surface area contributed by atoms with Gasteiger partial charge in [0.15, 0.2) is 5.96 Å². The summed E-state index contributed by atoms with van der Waals surface area (Å²) in [7, 11) is 1.78. The van der Waals surface area contributed by atoms with Gasteiger partial charge in [0.25, 0.3) is 0 Å². The Kier molecular flexibility index (Phi) is 9.94.